The van der Waals surface area contributed by atoms with E-state index in [0.717, 1.165) is 13.2 Å². The number of cyclic esters (lactones) is 2. The molecule has 0 aliphatic carbocycles. The highest BCUT2D eigenvalue weighted by Gasteiger charge is 2.39. The van der Waals surface area contributed by atoms with Gasteiger partial charge in [-0.25, -0.2) is 14.0 Å². The van der Waals surface area contributed by atoms with Gasteiger partial charge in [-0.3, -0.25) is 0 Å². The number of hydrogen-bond acceptors (Lipinski definition) is 5. The molecule has 0 unspecified atom stereocenters. The van der Waals surface area contributed by atoms with Crippen molar-refractivity contribution in [2.24, 2.45) is 0 Å². The SMILES string of the molecule is COc1cc(F)c(C(F)(F)F)cc1C=C1C(=O)OC(C)(C)OC1=O. The van der Waals surface area contributed by atoms with Crippen LogP contribution in [0.2, 0.25) is 0 Å². The summed E-state index contributed by atoms with van der Waals surface area (Å²) in [7, 11) is 1.10. The lowest BCUT2D eigenvalue weighted by Crippen LogP contribution is -2.41. The van der Waals surface area contributed by atoms with E-state index < -0.39 is 40.9 Å². The lowest BCUT2D eigenvalue weighted by atomic mass is 10.0. The van der Waals surface area contributed by atoms with Gasteiger partial charge in [0.1, 0.15) is 17.1 Å². The van der Waals surface area contributed by atoms with E-state index in [1.165, 1.54) is 13.8 Å². The number of carbonyl (C=O) groups excluding carboxylic acids is 2. The summed E-state index contributed by atoms with van der Waals surface area (Å²) in [5.41, 5.74) is -2.52. The number of halogens is 4. The number of rotatable bonds is 2. The summed E-state index contributed by atoms with van der Waals surface area (Å²) < 4.78 is 66.4. The van der Waals surface area contributed by atoms with E-state index in [9.17, 15) is 27.2 Å². The summed E-state index contributed by atoms with van der Waals surface area (Å²) in [6, 6.07) is 0.945. The Bertz CT molecular complexity index is 712. The normalized spacial score (nSPS) is 17.2. The zero-order valence-electron chi connectivity index (χ0n) is 12.8. The van der Waals surface area contributed by atoms with Gasteiger partial charge >= 0.3 is 18.1 Å². The third-order valence-electron chi connectivity index (χ3n) is 3.04. The van der Waals surface area contributed by atoms with Crippen molar-refractivity contribution >= 4 is 18.0 Å². The van der Waals surface area contributed by atoms with Gasteiger partial charge in [0.2, 0.25) is 0 Å². The van der Waals surface area contributed by atoms with Crippen LogP contribution >= 0.6 is 0 Å². The Balaban J connectivity index is 2.56. The Morgan fingerprint density at radius 2 is 1.67 bits per heavy atom. The number of hydrogen-bond donors (Lipinski definition) is 0. The monoisotopic (exact) mass is 348 g/mol. The average molecular weight is 348 g/mol. The van der Waals surface area contributed by atoms with Crippen LogP contribution in [0.1, 0.15) is 25.0 Å². The van der Waals surface area contributed by atoms with Crippen molar-refractivity contribution in [2.45, 2.75) is 25.8 Å². The summed E-state index contributed by atoms with van der Waals surface area (Å²) in [6.07, 6.45) is -4.16. The Hall–Kier alpha value is -2.58. The second kappa shape index (κ2) is 5.81. The molecule has 1 heterocycles. The van der Waals surface area contributed by atoms with Crippen molar-refractivity contribution in [2.75, 3.05) is 7.11 Å². The Morgan fingerprint density at radius 3 is 2.12 bits per heavy atom. The number of carbonyl (C=O) groups is 2. The molecule has 24 heavy (non-hydrogen) atoms. The van der Waals surface area contributed by atoms with Crippen molar-refractivity contribution < 1.29 is 41.4 Å². The molecule has 0 atom stereocenters. The number of esters is 2. The van der Waals surface area contributed by atoms with Crippen molar-refractivity contribution in [3.8, 4) is 5.75 Å². The van der Waals surface area contributed by atoms with E-state index in [1.807, 2.05) is 0 Å². The van der Waals surface area contributed by atoms with Crippen LogP contribution in [-0.4, -0.2) is 24.8 Å². The van der Waals surface area contributed by atoms with E-state index in [-0.39, 0.29) is 11.3 Å². The average Bonchev–Trinajstić information content (AvgIpc) is 2.41. The maximum atomic E-state index is 13.5. The second-order valence-corrected chi connectivity index (χ2v) is 5.31. The van der Waals surface area contributed by atoms with Crippen molar-refractivity contribution in [1.29, 1.82) is 0 Å². The molecule has 0 N–H and O–H groups in total. The molecular weight excluding hydrogens is 336 g/mol. The third-order valence-corrected chi connectivity index (χ3v) is 3.04. The number of methoxy groups -OCH3 is 1. The first-order valence-electron chi connectivity index (χ1n) is 6.58. The smallest absolute Gasteiger partial charge is 0.419 e. The maximum absolute atomic E-state index is 13.5. The quantitative estimate of drug-likeness (QED) is 0.356. The van der Waals surface area contributed by atoms with Gasteiger partial charge in [0, 0.05) is 25.5 Å². The Morgan fingerprint density at radius 1 is 1.12 bits per heavy atom. The minimum atomic E-state index is -4.96. The number of alkyl halides is 3. The summed E-state index contributed by atoms with van der Waals surface area (Å²) in [5.74, 6) is -5.47. The molecule has 0 spiro atoms. The number of benzene rings is 1. The predicted octanol–water partition coefficient (Wildman–Crippen LogP) is 3.07. The maximum Gasteiger partial charge on any atom is 0.419 e. The zero-order valence-corrected chi connectivity index (χ0v) is 12.8. The van der Waals surface area contributed by atoms with Gasteiger partial charge in [0.15, 0.2) is 0 Å². The first kappa shape index (κ1) is 17.8. The second-order valence-electron chi connectivity index (χ2n) is 5.31. The Labute approximate surface area is 133 Å². The number of ether oxygens (including phenoxy) is 3. The summed E-state index contributed by atoms with van der Waals surface area (Å²) in [5, 5.41) is 0. The van der Waals surface area contributed by atoms with E-state index in [4.69, 9.17) is 14.2 Å². The summed E-state index contributed by atoms with van der Waals surface area (Å²) in [4.78, 5) is 23.7. The van der Waals surface area contributed by atoms with Crippen LogP contribution < -0.4 is 4.74 Å². The molecular formula is C15H12F4O5. The highest BCUT2D eigenvalue weighted by molar-refractivity contribution is 6.19. The molecule has 0 saturated carbocycles. The molecule has 1 saturated heterocycles. The van der Waals surface area contributed by atoms with E-state index in [1.54, 1.807) is 0 Å². The van der Waals surface area contributed by atoms with Gasteiger partial charge in [-0.1, -0.05) is 0 Å². The highest BCUT2D eigenvalue weighted by Crippen LogP contribution is 2.36. The molecule has 0 amide bonds. The fraction of sp³-hybridized carbons (Fsp3) is 0.333. The van der Waals surface area contributed by atoms with Crippen LogP contribution in [0.15, 0.2) is 17.7 Å². The van der Waals surface area contributed by atoms with Gasteiger partial charge in [0.05, 0.1) is 12.7 Å². The van der Waals surface area contributed by atoms with E-state index in [2.05, 4.69) is 0 Å². The first-order chi connectivity index (χ1) is 10.9. The summed E-state index contributed by atoms with van der Waals surface area (Å²) >= 11 is 0. The molecule has 130 valence electrons. The van der Waals surface area contributed by atoms with Gasteiger partial charge in [0.25, 0.3) is 5.79 Å². The van der Waals surface area contributed by atoms with Gasteiger partial charge < -0.3 is 14.2 Å². The molecule has 1 aromatic carbocycles. The fourth-order valence-electron chi connectivity index (χ4n) is 2.01. The minimum Gasteiger partial charge on any atom is -0.496 e. The molecule has 1 fully saturated rings. The standard InChI is InChI=1S/C15H12F4O5/c1-14(2)23-12(20)8(13(21)24-14)4-7-5-9(15(17,18)19)10(16)6-11(7)22-3/h4-6H,1-3H3. The molecule has 9 heteroatoms. The third kappa shape index (κ3) is 3.50. The summed E-state index contributed by atoms with van der Waals surface area (Å²) in [6.45, 7) is 2.64. The Kier molecular flexibility index (Phi) is 4.30. The molecule has 1 aliphatic rings. The molecule has 1 aromatic rings. The van der Waals surface area contributed by atoms with Crippen LogP contribution in [0.25, 0.3) is 6.08 Å². The molecule has 0 aromatic heterocycles. The van der Waals surface area contributed by atoms with Crippen LogP contribution in [0.4, 0.5) is 17.6 Å². The first-order valence-corrected chi connectivity index (χ1v) is 6.58. The van der Waals surface area contributed by atoms with Gasteiger partial charge in [-0.15, -0.1) is 0 Å². The minimum absolute atomic E-state index is 0.293. The van der Waals surface area contributed by atoms with Crippen molar-refractivity contribution in [3.05, 3.63) is 34.6 Å². The van der Waals surface area contributed by atoms with E-state index >= 15 is 0 Å². The zero-order chi connectivity index (χ0) is 18.3. The molecule has 0 radical (unpaired) electrons. The molecule has 5 nitrogen and oxygen atoms in total. The fourth-order valence-corrected chi connectivity index (χ4v) is 2.01. The lowest BCUT2D eigenvalue weighted by molar-refractivity contribution is -0.222. The van der Waals surface area contributed by atoms with Crippen LogP contribution in [0, 0.1) is 5.82 Å². The molecule has 2 rings (SSSR count). The molecule has 0 bridgehead atoms. The van der Waals surface area contributed by atoms with Crippen molar-refractivity contribution in [1.82, 2.24) is 0 Å². The molecule has 1 aliphatic heterocycles. The lowest BCUT2D eigenvalue weighted by Gasteiger charge is -2.29. The van der Waals surface area contributed by atoms with Crippen molar-refractivity contribution in [3.63, 3.8) is 0 Å². The highest BCUT2D eigenvalue weighted by atomic mass is 19.4. The largest absolute Gasteiger partial charge is 0.496 e. The predicted molar refractivity (Wildman–Crippen MR) is 72.2 cm³/mol. The van der Waals surface area contributed by atoms with Gasteiger partial charge in [-0.2, -0.15) is 13.2 Å². The van der Waals surface area contributed by atoms with Crippen LogP contribution in [0.5, 0.6) is 5.75 Å². The van der Waals surface area contributed by atoms with Gasteiger partial charge in [-0.05, 0) is 12.1 Å². The topological polar surface area (TPSA) is 61.8 Å². The van der Waals surface area contributed by atoms with E-state index in [0.29, 0.717) is 12.1 Å². The van der Waals surface area contributed by atoms with Crippen LogP contribution in [0.3, 0.4) is 0 Å². The van der Waals surface area contributed by atoms with Crippen LogP contribution in [-0.2, 0) is 25.2 Å².